The molecule has 57 heavy (non-hydrogen) atoms. The van der Waals surface area contributed by atoms with E-state index in [0.29, 0.717) is 47.4 Å². The average Bonchev–Trinajstić information content (AvgIpc) is 4.01. The quantitative estimate of drug-likeness (QED) is 0.0516. The van der Waals surface area contributed by atoms with E-state index in [1.807, 2.05) is 6.33 Å². The number of aryl methyl sites for hydroxylation is 1. The van der Waals surface area contributed by atoms with Crippen LogP contribution in [0.25, 0.3) is 22.9 Å². The van der Waals surface area contributed by atoms with Crippen molar-refractivity contribution in [1.82, 2.24) is 15.3 Å². The summed E-state index contributed by atoms with van der Waals surface area (Å²) in [5.41, 5.74) is 5.40. The number of aromatic hydroxyl groups is 5. The predicted octanol–water partition coefficient (Wildman–Crippen LogP) is 8.99. The number of H-pyrrole nitrogens is 1. The summed E-state index contributed by atoms with van der Waals surface area (Å²) in [6, 6.07) is 18.1. The fraction of sp³-hybridized carbons (Fsp3) is 0.438. The molecule has 9 nitrogen and oxygen atoms in total. The van der Waals surface area contributed by atoms with E-state index in [0.717, 1.165) is 24.9 Å². The minimum absolute atomic E-state index is 0.137. The van der Waals surface area contributed by atoms with Gasteiger partial charge in [0.2, 0.25) is 0 Å². The number of aliphatic hydroxyl groups excluding tert-OH is 1. The van der Waals surface area contributed by atoms with Crippen LogP contribution in [0.2, 0.25) is 0 Å². The third-order valence-electron chi connectivity index (χ3n) is 15.2. The van der Waals surface area contributed by atoms with Gasteiger partial charge in [0.25, 0.3) is 0 Å². The van der Waals surface area contributed by atoms with E-state index >= 15 is 0 Å². The topological polar surface area (TPSA) is 162 Å². The summed E-state index contributed by atoms with van der Waals surface area (Å²) in [6.45, 7) is 1.50. The molecular formula is C48H55N3O6. The highest BCUT2D eigenvalue weighted by Crippen LogP contribution is 2.73. The lowest BCUT2D eigenvalue weighted by molar-refractivity contribution is -0.170. The second-order valence-corrected chi connectivity index (χ2v) is 17.7. The van der Waals surface area contributed by atoms with Gasteiger partial charge >= 0.3 is 0 Å². The van der Waals surface area contributed by atoms with Gasteiger partial charge in [-0.2, -0.15) is 0 Å². The predicted molar refractivity (Wildman–Crippen MR) is 222 cm³/mol. The highest BCUT2D eigenvalue weighted by atomic mass is 16.3. The molecule has 0 amide bonds. The lowest BCUT2D eigenvalue weighted by Gasteiger charge is -2.66. The van der Waals surface area contributed by atoms with Crippen LogP contribution in [0.15, 0.2) is 73.2 Å². The van der Waals surface area contributed by atoms with Crippen molar-refractivity contribution >= 4 is 22.9 Å². The first-order valence-corrected chi connectivity index (χ1v) is 21.0. The maximum Gasteiger partial charge on any atom is 0.169 e. The Morgan fingerprint density at radius 2 is 1.56 bits per heavy atom. The van der Waals surface area contributed by atoms with Crippen molar-refractivity contribution in [2.75, 3.05) is 6.54 Å². The Labute approximate surface area is 334 Å². The number of rotatable bonds is 10. The average molecular weight is 770 g/mol. The van der Waals surface area contributed by atoms with Gasteiger partial charge < -0.3 is 40.9 Å². The Bertz CT molecular complexity index is 2280. The molecule has 1 heterocycles. The van der Waals surface area contributed by atoms with Gasteiger partial charge in [-0.05, 0) is 127 Å². The number of hydrogen-bond acceptors (Lipinski definition) is 8. The number of nitrogens with one attached hydrogen (secondary N) is 2. The second-order valence-electron chi connectivity index (χ2n) is 17.7. The molecule has 0 bridgehead atoms. The minimum Gasteiger partial charge on any atom is -0.507 e. The zero-order valence-corrected chi connectivity index (χ0v) is 32.6. The normalized spacial score (nSPS) is 26.6. The first-order valence-electron chi connectivity index (χ1n) is 21.0. The number of fused-ring (bicyclic) bond motifs is 1. The van der Waals surface area contributed by atoms with Gasteiger partial charge in [0.1, 0.15) is 5.75 Å². The third-order valence-corrected chi connectivity index (χ3v) is 15.2. The smallest absolute Gasteiger partial charge is 0.169 e. The van der Waals surface area contributed by atoms with Gasteiger partial charge in [0.15, 0.2) is 23.0 Å². The molecule has 4 aliphatic carbocycles. The monoisotopic (exact) mass is 769 g/mol. The number of aromatic amines is 1. The van der Waals surface area contributed by atoms with Crippen LogP contribution in [0.5, 0.6) is 28.7 Å². The van der Waals surface area contributed by atoms with E-state index in [9.17, 15) is 30.6 Å². The van der Waals surface area contributed by atoms with Crippen LogP contribution < -0.4 is 5.32 Å². The molecule has 1 aromatic heterocycles. The van der Waals surface area contributed by atoms with E-state index < -0.39 is 0 Å². The van der Waals surface area contributed by atoms with Crippen molar-refractivity contribution < 1.29 is 30.6 Å². The molecule has 5 aromatic rings. The largest absolute Gasteiger partial charge is 0.507 e. The number of phenolic OH excluding ortho intramolecular Hbond substituents is 5. The lowest BCUT2D eigenvalue weighted by Crippen LogP contribution is -2.68. The van der Waals surface area contributed by atoms with Gasteiger partial charge in [-0.15, -0.1) is 0 Å². The summed E-state index contributed by atoms with van der Waals surface area (Å²) in [4.78, 5) is 8.22. The Hall–Kier alpha value is -4.99. The van der Waals surface area contributed by atoms with E-state index in [-0.39, 0.29) is 62.4 Å². The van der Waals surface area contributed by atoms with Crippen molar-refractivity contribution in [2.24, 2.45) is 22.7 Å². The SMILES string of the molecule is Oc1ccc(/C=C/c2c(CCc3ccc(CNC[C@]4(c5cnc[nH]5)[C@@H]5[C@@H](O)CC[C@H]6CCC[C@]65CCC45CCCC5)cc3)c(O)c(O)c3c(O)cccc23)cc1O. The Morgan fingerprint density at radius 3 is 2.33 bits per heavy atom. The standard InChI is InChI=1S/C48H55N3O6/c52-37-18-14-31(25-40(37)55)13-16-34-35-6-3-7-38(53)42(35)44(57)43(56)36(34)17-12-30-8-10-32(11-9-30)26-49-28-48(41-27-50-29-51-41)45-39(54)19-15-33-5-4-22-47(33,45)24-23-46(48)20-1-2-21-46/h3,6-11,13-14,16,18,25,27,29,33,39,45,49,52-57H,1-2,4-5,12,15,17,19-24,26,28H2,(H,50,51)/b16-13+/t33-,39+,45-,47+,48+/m1/s1. The van der Waals surface area contributed by atoms with Crippen LogP contribution in [0.3, 0.4) is 0 Å². The third kappa shape index (κ3) is 6.16. The molecule has 5 atom stereocenters. The molecule has 4 aliphatic rings. The van der Waals surface area contributed by atoms with Crippen LogP contribution in [-0.2, 0) is 24.8 Å². The van der Waals surface area contributed by atoms with Crippen LogP contribution >= 0.6 is 0 Å². The molecule has 9 heteroatoms. The number of aliphatic hydroxyl groups is 1. The summed E-state index contributed by atoms with van der Waals surface area (Å²) < 4.78 is 0. The maximum atomic E-state index is 12.1. The number of benzene rings is 4. The van der Waals surface area contributed by atoms with E-state index in [2.05, 4.69) is 45.7 Å². The summed E-state index contributed by atoms with van der Waals surface area (Å²) >= 11 is 0. The van der Waals surface area contributed by atoms with Crippen LogP contribution in [0.4, 0.5) is 0 Å². The Kier molecular flexibility index (Phi) is 9.72. The van der Waals surface area contributed by atoms with Gasteiger partial charge in [0, 0.05) is 41.9 Å². The molecule has 298 valence electrons. The van der Waals surface area contributed by atoms with E-state index in [1.165, 1.54) is 87.2 Å². The molecule has 4 saturated carbocycles. The Morgan fingerprint density at radius 1 is 0.754 bits per heavy atom. The van der Waals surface area contributed by atoms with Crippen LogP contribution in [-0.4, -0.2) is 53.3 Å². The summed E-state index contributed by atoms with van der Waals surface area (Å²) in [5, 5.41) is 69.7. The minimum atomic E-state index is -0.362. The molecule has 2 spiro atoms. The van der Waals surface area contributed by atoms with Gasteiger partial charge in [-0.3, -0.25) is 0 Å². The molecular weight excluding hydrogens is 715 g/mol. The van der Waals surface area contributed by atoms with Crippen molar-refractivity contribution in [2.45, 2.75) is 102 Å². The molecule has 8 N–H and O–H groups in total. The molecule has 4 aromatic carbocycles. The van der Waals surface area contributed by atoms with Gasteiger partial charge in [0.05, 0.1) is 17.8 Å². The number of aromatic nitrogens is 2. The molecule has 0 radical (unpaired) electrons. The van der Waals surface area contributed by atoms with Crippen molar-refractivity contribution in [1.29, 1.82) is 0 Å². The lowest BCUT2D eigenvalue weighted by atomic mass is 9.38. The zero-order valence-electron chi connectivity index (χ0n) is 32.6. The highest BCUT2D eigenvalue weighted by Gasteiger charge is 2.70. The van der Waals surface area contributed by atoms with Crippen LogP contribution in [0, 0.1) is 22.7 Å². The van der Waals surface area contributed by atoms with Gasteiger partial charge in [-0.25, -0.2) is 4.98 Å². The fourth-order valence-electron chi connectivity index (χ4n) is 12.7. The number of hydrogen-bond donors (Lipinski definition) is 8. The number of phenols is 5. The van der Waals surface area contributed by atoms with Gasteiger partial charge in [-0.1, -0.05) is 73.9 Å². The molecule has 0 aliphatic heterocycles. The summed E-state index contributed by atoms with van der Waals surface area (Å²) in [5.74, 6) is -0.326. The molecule has 0 unspecified atom stereocenters. The maximum absolute atomic E-state index is 12.1. The van der Waals surface area contributed by atoms with Crippen molar-refractivity contribution in [3.63, 3.8) is 0 Å². The summed E-state index contributed by atoms with van der Waals surface area (Å²) in [7, 11) is 0. The van der Waals surface area contributed by atoms with E-state index in [1.54, 1.807) is 30.4 Å². The molecule has 9 rings (SSSR count). The number of imidazole rings is 1. The first-order chi connectivity index (χ1) is 27.7. The second kappa shape index (κ2) is 14.7. The highest BCUT2D eigenvalue weighted by molar-refractivity contribution is 6.03. The fourth-order valence-corrected chi connectivity index (χ4v) is 12.7. The van der Waals surface area contributed by atoms with Crippen LogP contribution in [0.1, 0.15) is 104 Å². The molecule has 4 fully saturated rings. The van der Waals surface area contributed by atoms with E-state index in [4.69, 9.17) is 0 Å². The first kappa shape index (κ1) is 37.6. The van der Waals surface area contributed by atoms with Crippen molar-refractivity contribution in [3.8, 4) is 28.7 Å². The number of nitrogens with zero attached hydrogens (tertiary/aromatic N) is 1. The molecule has 0 saturated heterocycles. The Balaban J connectivity index is 0.962. The summed E-state index contributed by atoms with van der Waals surface area (Å²) in [6.07, 6.45) is 21.4. The van der Waals surface area contributed by atoms with Crippen molar-refractivity contribution in [3.05, 3.63) is 107 Å². The zero-order chi connectivity index (χ0) is 39.4.